The third kappa shape index (κ3) is 1.90. The Morgan fingerprint density at radius 2 is 2.10 bits per heavy atom. The predicted octanol–water partition coefficient (Wildman–Crippen LogP) is 3.72. The predicted molar refractivity (Wildman–Crippen MR) is 82.4 cm³/mol. The maximum absolute atomic E-state index is 5.62. The molecule has 2 aliphatic carbocycles. The summed E-state index contributed by atoms with van der Waals surface area (Å²) < 4.78 is 11.1. The van der Waals surface area contributed by atoms with Gasteiger partial charge in [0.2, 0.25) is 6.79 Å². The van der Waals surface area contributed by atoms with Gasteiger partial charge < -0.3 is 14.8 Å². The van der Waals surface area contributed by atoms with Crippen LogP contribution in [0.15, 0.2) is 18.2 Å². The zero-order chi connectivity index (χ0) is 14.7. The number of hydrogen-bond acceptors (Lipinski definition) is 3. The summed E-state index contributed by atoms with van der Waals surface area (Å²) in [5.41, 5.74) is 2.07. The van der Waals surface area contributed by atoms with Crippen LogP contribution in [0.1, 0.15) is 45.6 Å². The van der Waals surface area contributed by atoms with E-state index < -0.39 is 0 Å². The number of ether oxygens (including phenoxy) is 2. The zero-order valence-corrected chi connectivity index (χ0v) is 13.2. The molecule has 0 saturated heterocycles. The molecule has 3 heteroatoms. The van der Waals surface area contributed by atoms with Crippen LogP contribution in [0.2, 0.25) is 0 Å². The molecule has 0 amide bonds. The normalized spacial score (nSPS) is 35.4. The molecule has 1 N–H and O–H groups in total. The molecule has 3 atom stereocenters. The van der Waals surface area contributed by atoms with Crippen molar-refractivity contribution in [2.45, 2.75) is 52.6 Å². The fourth-order valence-corrected chi connectivity index (χ4v) is 5.15. The second kappa shape index (κ2) is 4.39. The quantitative estimate of drug-likeness (QED) is 0.919. The maximum atomic E-state index is 5.62. The first kappa shape index (κ1) is 13.4. The van der Waals surface area contributed by atoms with Crippen molar-refractivity contribution in [3.8, 4) is 11.5 Å². The fourth-order valence-electron chi connectivity index (χ4n) is 5.15. The Kier molecular flexibility index (Phi) is 2.81. The van der Waals surface area contributed by atoms with Crippen molar-refractivity contribution < 1.29 is 9.47 Å². The van der Waals surface area contributed by atoms with Gasteiger partial charge in [-0.3, -0.25) is 0 Å². The number of benzene rings is 1. The molecule has 1 unspecified atom stereocenters. The summed E-state index contributed by atoms with van der Waals surface area (Å²) in [5, 5.41) is 3.85. The molecule has 21 heavy (non-hydrogen) atoms. The van der Waals surface area contributed by atoms with Gasteiger partial charge in [0.1, 0.15) is 0 Å². The monoisotopic (exact) mass is 287 g/mol. The van der Waals surface area contributed by atoms with Crippen LogP contribution in [0.5, 0.6) is 11.5 Å². The lowest BCUT2D eigenvalue weighted by atomic mass is 9.68. The number of nitrogens with one attached hydrogen (secondary N) is 1. The first-order valence-corrected chi connectivity index (χ1v) is 8.12. The van der Waals surface area contributed by atoms with Crippen molar-refractivity contribution in [1.29, 1.82) is 0 Å². The van der Waals surface area contributed by atoms with Gasteiger partial charge in [-0.25, -0.2) is 0 Å². The van der Waals surface area contributed by atoms with Crippen LogP contribution < -0.4 is 14.8 Å². The molecule has 3 aliphatic rings. The van der Waals surface area contributed by atoms with E-state index in [1.807, 2.05) is 6.07 Å². The molecule has 1 aromatic rings. The Morgan fingerprint density at radius 1 is 1.24 bits per heavy atom. The molecule has 114 valence electrons. The van der Waals surface area contributed by atoms with Crippen molar-refractivity contribution >= 4 is 0 Å². The highest BCUT2D eigenvalue weighted by Crippen LogP contribution is 2.62. The highest BCUT2D eigenvalue weighted by Gasteiger charge is 2.58. The van der Waals surface area contributed by atoms with Crippen LogP contribution >= 0.6 is 0 Å². The van der Waals surface area contributed by atoms with Crippen molar-refractivity contribution in [3.05, 3.63) is 23.8 Å². The summed E-state index contributed by atoms with van der Waals surface area (Å²) in [6.45, 7) is 8.56. The van der Waals surface area contributed by atoms with E-state index in [1.54, 1.807) is 0 Å². The third-order valence-electron chi connectivity index (χ3n) is 6.24. The Labute approximate surface area is 127 Å². The van der Waals surface area contributed by atoms with Crippen LogP contribution in [0.4, 0.5) is 0 Å². The number of para-hydroxylation sites is 1. The fraction of sp³-hybridized carbons (Fsp3) is 0.667. The third-order valence-corrected chi connectivity index (χ3v) is 6.24. The summed E-state index contributed by atoms with van der Waals surface area (Å²) in [6, 6.07) is 6.76. The lowest BCUT2D eigenvalue weighted by Gasteiger charge is -2.43. The molecule has 1 aliphatic heterocycles. The minimum Gasteiger partial charge on any atom is -0.454 e. The largest absolute Gasteiger partial charge is 0.454 e. The van der Waals surface area contributed by atoms with Gasteiger partial charge in [-0.05, 0) is 42.1 Å². The number of fused-ring (bicyclic) bond motifs is 3. The van der Waals surface area contributed by atoms with Crippen molar-refractivity contribution in [2.24, 2.45) is 16.7 Å². The summed E-state index contributed by atoms with van der Waals surface area (Å²) in [7, 11) is 0. The Balaban J connectivity index is 1.54. The van der Waals surface area contributed by atoms with Gasteiger partial charge in [0.15, 0.2) is 11.5 Å². The van der Waals surface area contributed by atoms with Gasteiger partial charge in [-0.15, -0.1) is 0 Å². The minimum atomic E-state index is 0.348. The molecule has 2 fully saturated rings. The molecular formula is C18H25NO2. The molecule has 2 bridgehead atoms. The van der Waals surface area contributed by atoms with Crippen molar-refractivity contribution in [3.63, 3.8) is 0 Å². The smallest absolute Gasteiger partial charge is 0.231 e. The van der Waals surface area contributed by atoms with E-state index in [0.29, 0.717) is 23.7 Å². The van der Waals surface area contributed by atoms with Crippen LogP contribution in [0.3, 0.4) is 0 Å². The standard InChI is InChI=1S/C18H25NO2/c1-17(2)13-7-8-18(3,9-13)16(17)19-10-12-5-4-6-14-15(12)21-11-20-14/h4-6,13,16,19H,7-11H2,1-3H3/t13-,16?,18+/m0/s1. The highest BCUT2D eigenvalue weighted by molar-refractivity contribution is 5.48. The van der Waals surface area contributed by atoms with Crippen LogP contribution in [0, 0.1) is 16.7 Å². The molecular weight excluding hydrogens is 262 g/mol. The van der Waals surface area contributed by atoms with Gasteiger partial charge in [-0.2, -0.15) is 0 Å². The van der Waals surface area contributed by atoms with Crippen molar-refractivity contribution in [2.75, 3.05) is 6.79 Å². The van der Waals surface area contributed by atoms with E-state index in [4.69, 9.17) is 9.47 Å². The topological polar surface area (TPSA) is 30.5 Å². The average molecular weight is 287 g/mol. The van der Waals surface area contributed by atoms with Crippen LogP contribution in [0.25, 0.3) is 0 Å². The van der Waals surface area contributed by atoms with Gasteiger partial charge in [0.25, 0.3) is 0 Å². The second-order valence-corrected chi connectivity index (χ2v) is 7.88. The van der Waals surface area contributed by atoms with E-state index in [1.165, 1.54) is 24.8 Å². The average Bonchev–Trinajstić information content (AvgIpc) is 3.09. The maximum Gasteiger partial charge on any atom is 0.231 e. The Bertz CT molecular complexity index is 564. The molecule has 0 radical (unpaired) electrons. The van der Waals surface area contributed by atoms with E-state index >= 15 is 0 Å². The molecule has 3 nitrogen and oxygen atoms in total. The molecule has 0 spiro atoms. The Morgan fingerprint density at radius 3 is 2.86 bits per heavy atom. The van der Waals surface area contributed by atoms with E-state index in [0.717, 1.165) is 24.0 Å². The van der Waals surface area contributed by atoms with Crippen molar-refractivity contribution in [1.82, 2.24) is 5.32 Å². The van der Waals surface area contributed by atoms with Gasteiger partial charge >= 0.3 is 0 Å². The Hall–Kier alpha value is -1.22. The first-order valence-electron chi connectivity index (χ1n) is 8.12. The van der Waals surface area contributed by atoms with Gasteiger partial charge in [0, 0.05) is 18.2 Å². The number of rotatable bonds is 3. The molecule has 4 rings (SSSR count). The zero-order valence-electron chi connectivity index (χ0n) is 13.2. The molecule has 2 saturated carbocycles. The minimum absolute atomic E-state index is 0.348. The van der Waals surface area contributed by atoms with Gasteiger partial charge in [-0.1, -0.05) is 32.9 Å². The van der Waals surface area contributed by atoms with Gasteiger partial charge in [0.05, 0.1) is 0 Å². The van der Waals surface area contributed by atoms with E-state index in [9.17, 15) is 0 Å². The lowest BCUT2D eigenvalue weighted by Crippen LogP contribution is -2.49. The molecule has 0 aromatic heterocycles. The SMILES string of the molecule is CC1(C)C(NCc2cccc3c2OCO3)[C@]2(C)CC[C@H]1C2. The summed E-state index contributed by atoms with van der Waals surface area (Å²) in [4.78, 5) is 0. The van der Waals surface area contributed by atoms with E-state index in [-0.39, 0.29) is 0 Å². The highest BCUT2D eigenvalue weighted by atomic mass is 16.7. The van der Waals surface area contributed by atoms with Crippen LogP contribution in [-0.4, -0.2) is 12.8 Å². The van der Waals surface area contributed by atoms with E-state index in [2.05, 4.69) is 38.2 Å². The second-order valence-electron chi connectivity index (χ2n) is 7.88. The molecule has 1 aromatic carbocycles. The first-order chi connectivity index (χ1) is 10.0. The number of hydrogen-bond donors (Lipinski definition) is 1. The lowest BCUT2D eigenvalue weighted by molar-refractivity contribution is 0.107. The summed E-state index contributed by atoms with van der Waals surface area (Å²) in [5.74, 6) is 2.69. The summed E-state index contributed by atoms with van der Waals surface area (Å²) in [6.07, 6.45) is 4.15. The molecule has 1 heterocycles. The summed E-state index contributed by atoms with van der Waals surface area (Å²) >= 11 is 0. The van der Waals surface area contributed by atoms with Crippen LogP contribution in [-0.2, 0) is 6.54 Å².